The summed E-state index contributed by atoms with van der Waals surface area (Å²) in [5.74, 6) is 0. The lowest BCUT2D eigenvalue weighted by atomic mass is 10.1. The Morgan fingerprint density at radius 2 is 2.00 bits per heavy atom. The summed E-state index contributed by atoms with van der Waals surface area (Å²) in [6.45, 7) is 2.87. The molecule has 0 saturated heterocycles. The van der Waals surface area contributed by atoms with Gasteiger partial charge in [-0.25, -0.2) is 0 Å². The van der Waals surface area contributed by atoms with E-state index in [1.54, 1.807) is 11.3 Å². The van der Waals surface area contributed by atoms with Gasteiger partial charge in [-0.15, -0.1) is 11.3 Å². The molecular weight excluding hydrogens is 322 g/mol. The van der Waals surface area contributed by atoms with Crippen molar-refractivity contribution in [3.63, 3.8) is 0 Å². The topological polar surface area (TPSA) is 23.5 Å². The number of aliphatic hydroxyl groups is 1. The van der Waals surface area contributed by atoms with Gasteiger partial charge in [0.1, 0.15) is 0 Å². The lowest BCUT2D eigenvalue weighted by Crippen LogP contribution is -2.15. The minimum atomic E-state index is -0.354. The third-order valence-corrected chi connectivity index (χ3v) is 4.70. The molecule has 0 radical (unpaired) electrons. The highest BCUT2D eigenvalue weighted by Crippen LogP contribution is 2.24. The number of hydrogen-bond donors (Lipinski definition) is 1. The van der Waals surface area contributed by atoms with Gasteiger partial charge in [0, 0.05) is 19.3 Å². The predicted molar refractivity (Wildman–Crippen MR) is 85.8 cm³/mol. The molecule has 2 rings (SSSR count). The first-order valence-electron chi connectivity index (χ1n) is 6.32. The highest BCUT2D eigenvalue weighted by molar-refractivity contribution is 9.11. The van der Waals surface area contributed by atoms with Crippen molar-refractivity contribution in [2.24, 2.45) is 0 Å². The monoisotopic (exact) mass is 339 g/mol. The van der Waals surface area contributed by atoms with Gasteiger partial charge >= 0.3 is 0 Å². The summed E-state index contributed by atoms with van der Waals surface area (Å²) in [5, 5.41) is 11.9. The van der Waals surface area contributed by atoms with Crippen LogP contribution in [0, 0.1) is 0 Å². The second-order valence-corrected chi connectivity index (χ2v) is 6.92. The Morgan fingerprint density at radius 3 is 2.53 bits per heavy atom. The van der Waals surface area contributed by atoms with Crippen LogP contribution in [-0.4, -0.2) is 12.2 Å². The van der Waals surface area contributed by atoms with Crippen molar-refractivity contribution in [3.8, 4) is 0 Å². The van der Waals surface area contributed by atoms with Gasteiger partial charge in [0.15, 0.2) is 0 Å². The van der Waals surface area contributed by atoms with Crippen molar-refractivity contribution in [1.82, 2.24) is 0 Å². The van der Waals surface area contributed by atoms with Gasteiger partial charge in [-0.3, -0.25) is 0 Å². The molecule has 0 aliphatic rings. The summed E-state index contributed by atoms with van der Waals surface area (Å²) in [5.41, 5.74) is 3.45. The SMILES string of the molecule is CCC(O)c1ccc(N(C)Cc2csc(Br)c2)cc1. The maximum absolute atomic E-state index is 9.78. The summed E-state index contributed by atoms with van der Waals surface area (Å²) < 4.78 is 1.16. The van der Waals surface area contributed by atoms with Gasteiger partial charge in [0.25, 0.3) is 0 Å². The largest absolute Gasteiger partial charge is 0.388 e. The molecule has 1 atom stereocenters. The van der Waals surface area contributed by atoms with Gasteiger partial charge < -0.3 is 10.0 Å². The zero-order valence-corrected chi connectivity index (χ0v) is 13.5. The molecule has 4 heteroatoms. The van der Waals surface area contributed by atoms with E-state index in [1.165, 1.54) is 5.56 Å². The van der Waals surface area contributed by atoms with Crippen LogP contribution in [0.1, 0.15) is 30.6 Å². The Bertz CT molecular complexity index is 523. The third-order valence-electron chi connectivity index (χ3n) is 3.15. The van der Waals surface area contributed by atoms with E-state index in [1.807, 2.05) is 19.1 Å². The third kappa shape index (κ3) is 3.81. The average molecular weight is 340 g/mol. The minimum Gasteiger partial charge on any atom is -0.388 e. The number of thiophene rings is 1. The Balaban J connectivity index is 2.05. The molecule has 19 heavy (non-hydrogen) atoms. The van der Waals surface area contributed by atoms with Crippen LogP contribution in [0.5, 0.6) is 0 Å². The molecule has 1 N–H and O–H groups in total. The molecule has 1 heterocycles. The van der Waals surface area contributed by atoms with Crippen LogP contribution in [0.4, 0.5) is 5.69 Å². The van der Waals surface area contributed by atoms with E-state index in [9.17, 15) is 5.11 Å². The normalized spacial score (nSPS) is 12.4. The quantitative estimate of drug-likeness (QED) is 0.860. The summed E-state index contributed by atoms with van der Waals surface area (Å²) in [6, 6.07) is 10.3. The summed E-state index contributed by atoms with van der Waals surface area (Å²) in [6.07, 6.45) is 0.394. The molecule has 2 aromatic rings. The fourth-order valence-corrected chi connectivity index (χ4v) is 3.18. The van der Waals surface area contributed by atoms with E-state index in [0.29, 0.717) is 0 Å². The number of nitrogens with zero attached hydrogens (tertiary/aromatic N) is 1. The Labute approximate surface area is 126 Å². The van der Waals surface area contributed by atoms with Crippen LogP contribution in [0.15, 0.2) is 39.5 Å². The van der Waals surface area contributed by atoms with Crippen molar-refractivity contribution in [2.45, 2.75) is 26.0 Å². The second kappa shape index (κ2) is 6.55. The van der Waals surface area contributed by atoms with E-state index in [-0.39, 0.29) is 6.10 Å². The molecule has 1 aromatic heterocycles. The smallest absolute Gasteiger partial charge is 0.0787 e. The highest BCUT2D eigenvalue weighted by atomic mass is 79.9. The highest BCUT2D eigenvalue weighted by Gasteiger charge is 2.07. The van der Waals surface area contributed by atoms with Crippen molar-refractivity contribution in [1.29, 1.82) is 0 Å². The van der Waals surface area contributed by atoms with Crippen molar-refractivity contribution in [3.05, 3.63) is 50.6 Å². The first-order chi connectivity index (χ1) is 9.10. The predicted octanol–water partition coefficient (Wildman–Crippen LogP) is 4.59. The summed E-state index contributed by atoms with van der Waals surface area (Å²) in [4.78, 5) is 2.20. The number of benzene rings is 1. The molecule has 0 saturated carbocycles. The molecule has 1 aromatic carbocycles. The summed E-state index contributed by atoms with van der Waals surface area (Å²) >= 11 is 5.19. The standard InChI is InChI=1S/C15H18BrNOS/c1-3-14(18)12-4-6-13(7-5-12)17(2)9-11-8-15(16)19-10-11/h4-8,10,14,18H,3,9H2,1-2H3. The van der Waals surface area contributed by atoms with E-state index in [4.69, 9.17) is 0 Å². The van der Waals surface area contributed by atoms with E-state index in [0.717, 1.165) is 28.0 Å². The van der Waals surface area contributed by atoms with Crippen molar-refractivity contribution in [2.75, 3.05) is 11.9 Å². The van der Waals surface area contributed by atoms with Gasteiger partial charge in [-0.05, 0) is 57.1 Å². The Hall–Kier alpha value is -0.840. The molecule has 0 spiro atoms. The zero-order chi connectivity index (χ0) is 13.8. The first-order valence-corrected chi connectivity index (χ1v) is 7.99. The minimum absolute atomic E-state index is 0.354. The average Bonchev–Trinajstić information content (AvgIpc) is 2.83. The van der Waals surface area contributed by atoms with Crippen LogP contribution in [0.2, 0.25) is 0 Å². The van der Waals surface area contributed by atoms with Crippen LogP contribution in [0.25, 0.3) is 0 Å². The number of aliphatic hydroxyl groups excluding tert-OH is 1. The first kappa shape index (κ1) is 14.6. The molecule has 0 amide bonds. The van der Waals surface area contributed by atoms with E-state index < -0.39 is 0 Å². The van der Waals surface area contributed by atoms with Crippen LogP contribution in [-0.2, 0) is 6.54 Å². The maximum Gasteiger partial charge on any atom is 0.0787 e. The zero-order valence-electron chi connectivity index (χ0n) is 11.1. The number of hydrogen-bond acceptors (Lipinski definition) is 3. The molecule has 1 unspecified atom stereocenters. The fourth-order valence-electron chi connectivity index (χ4n) is 1.98. The molecule has 102 valence electrons. The van der Waals surface area contributed by atoms with Crippen LogP contribution >= 0.6 is 27.3 Å². The van der Waals surface area contributed by atoms with Gasteiger partial charge in [0.2, 0.25) is 0 Å². The van der Waals surface area contributed by atoms with Gasteiger partial charge in [-0.2, -0.15) is 0 Å². The fraction of sp³-hybridized carbons (Fsp3) is 0.333. The number of rotatable bonds is 5. The van der Waals surface area contributed by atoms with Crippen molar-refractivity contribution < 1.29 is 5.11 Å². The Morgan fingerprint density at radius 1 is 1.32 bits per heavy atom. The van der Waals surface area contributed by atoms with Crippen LogP contribution in [0.3, 0.4) is 0 Å². The lowest BCUT2D eigenvalue weighted by Gasteiger charge is -2.19. The molecule has 0 bridgehead atoms. The van der Waals surface area contributed by atoms with Crippen LogP contribution < -0.4 is 4.90 Å². The number of halogens is 1. The van der Waals surface area contributed by atoms with Gasteiger partial charge in [0.05, 0.1) is 9.89 Å². The lowest BCUT2D eigenvalue weighted by molar-refractivity contribution is 0.173. The van der Waals surface area contributed by atoms with Gasteiger partial charge in [-0.1, -0.05) is 19.1 Å². The molecule has 0 aliphatic carbocycles. The van der Waals surface area contributed by atoms with E-state index >= 15 is 0 Å². The molecule has 2 nitrogen and oxygen atoms in total. The second-order valence-electron chi connectivity index (χ2n) is 4.63. The molecule has 0 aliphatic heterocycles. The summed E-state index contributed by atoms with van der Waals surface area (Å²) in [7, 11) is 2.08. The van der Waals surface area contributed by atoms with E-state index in [2.05, 4.69) is 51.5 Å². The molecular formula is C15H18BrNOS. The Kier molecular flexibility index (Phi) is 5.02. The maximum atomic E-state index is 9.78. The van der Waals surface area contributed by atoms with Crippen molar-refractivity contribution >= 4 is 33.0 Å². The molecule has 0 fully saturated rings. The number of anilines is 1.